The number of anilines is 2. The molecular weight excluding hydrogens is 216 g/mol. The number of nitrogens with zero attached hydrogens (tertiary/aromatic N) is 3. The van der Waals surface area contributed by atoms with Gasteiger partial charge >= 0.3 is 0 Å². The van der Waals surface area contributed by atoms with Crippen molar-refractivity contribution in [3.05, 3.63) is 18.3 Å². The molecule has 2 N–H and O–H groups in total. The van der Waals surface area contributed by atoms with Crippen LogP contribution in [0.4, 0.5) is 11.5 Å². The summed E-state index contributed by atoms with van der Waals surface area (Å²) in [6.07, 6.45) is 2.60. The fourth-order valence-electron chi connectivity index (χ4n) is 1.54. The van der Waals surface area contributed by atoms with Gasteiger partial charge in [0.15, 0.2) is 0 Å². The minimum atomic E-state index is 0.0571. The number of aromatic nitrogens is 1. The molecule has 0 radical (unpaired) electrons. The van der Waals surface area contributed by atoms with Gasteiger partial charge in [-0.25, -0.2) is 4.98 Å². The zero-order valence-corrected chi connectivity index (χ0v) is 10.7. The van der Waals surface area contributed by atoms with E-state index in [1.165, 1.54) is 0 Å². The third-order valence-corrected chi connectivity index (χ3v) is 2.48. The molecule has 0 saturated heterocycles. The van der Waals surface area contributed by atoms with Gasteiger partial charge in [0.25, 0.3) is 0 Å². The fourth-order valence-corrected chi connectivity index (χ4v) is 1.54. The topological polar surface area (TPSA) is 62.5 Å². The zero-order valence-electron chi connectivity index (χ0n) is 10.7. The van der Waals surface area contributed by atoms with Crippen LogP contribution in [0.1, 0.15) is 13.3 Å². The molecule has 0 atom stereocenters. The molecule has 0 fully saturated rings. The summed E-state index contributed by atoms with van der Waals surface area (Å²) in [4.78, 5) is 19.3. The molecule has 0 aliphatic heterocycles. The maximum absolute atomic E-state index is 11.7. The summed E-state index contributed by atoms with van der Waals surface area (Å²) in [5.74, 6) is 0.522. The number of nitrogens with two attached hydrogens (primary N) is 1. The van der Waals surface area contributed by atoms with E-state index in [1.807, 2.05) is 17.0 Å². The quantitative estimate of drug-likeness (QED) is 0.827. The summed E-state index contributed by atoms with van der Waals surface area (Å²) in [6, 6.07) is 3.72. The van der Waals surface area contributed by atoms with Gasteiger partial charge in [-0.05, 0) is 18.6 Å². The number of nitrogen functional groups attached to an aromatic ring is 1. The minimum absolute atomic E-state index is 0.0571. The van der Waals surface area contributed by atoms with Crippen molar-refractivity contribution in [1.29, 1.82) is 0 Å². The van der Waals surface area contributed by atoms with Crippen LogP contribution in [0, 0.1) is 0 Å². The van der Waals surface area contributed by atoms with Gasteiger partial charge in [-0.15, -0.1) is 0 Å². The molecule has 1 amide bonds. The lowest BCUT2D eigenvalue weighted by molar-refractivity contribution is -0.127. The van der Waals surface area contributed by atoms with E-state index in [0.717, 1.165) is 18.7 Å². The number of carbonyl (C=O) groups is 1. The SMILES string of the molecule is CCCN(CC(=O)N(C)C)c1cccnc1N. The van der Waals surface area contributed by atoms with E-state index in [-0.39, 0.29) is 5.91 Å². The summed E-state index contributed by atoms with van der Waals surface area (Å²) >= 11 is 0. The average Bonchev–Trinajstić information content (AvgIpc) is 2.29. The third kappa shape index (κ3) is 3.62. The zero-order chi connectivity index (χ0) is 12.8. The predicted octanol–water partition coefficient (Wildman–Crippen LogP) is 0.968. The average molecular weight is 236 g/mol. The minimum Gasteiger partial charge on any atom is -0.382 e. The summed E-state index contributed by atoms with van der Waals surface area (Å²) in [6.45, 7) is 3.19. The number of hydrogen-bond acceptors (Lipinski definition) is 4. The first-order chi connectivity index (χ1) is 8.06. The second-order valence-electron chi connectivity index (χ2n) is 4.12. The van der Waals surface area contributed by atoms with Gasteiger partial charge in [0.1, 0.15) is 5.82 Å². The van der Waals surface area contributed by atoms with Crippen molar-refractivity contribution >= 4 is 17.4 Å². The molecule has 0 aliphatic carbocycles. The summed E-state index contributed by atoms with van der Waals surface area (Å²) in [5.41, 5.74) is 6.65. The van der Waals surface area contributed by atoms with Gasteiger partial charge in [-0.2, -0.15) is 0 Å². The van der Waals surface area contributed by atoms with Crippen molar-refractivity contribution < 1.29 is 4.79 Å². The van der Waals surface area contributed by atoms with Crippen LogP contribution in [0.15, 0.2) is 18.3 Å². The van der Waals surface area contributed by atoms with Crippen molar-refractivity contribution in [3.8, 4) is 0 Å². The highest BCUT2D eigenvalue weighted by Gasteiger charge is 2.14. The smallest absolute Gasteiger partial charge is 0.241 e. The van der Waals surface area contributed by atoms with E-state index < -0.39 is 0 Å². The Hall–Kier alpha value is -1.78. The van der Waals surface area contributed by atoms with Crippen LogP contribution in [0.3, 0.4) is 0 Å². The maximum atomic E-state index is 11.7. The highest BCUT2D eigenvalue weighted by Crippen LogP contribution is 2.20. The Labute approximate surface area is 102 Å². The van der Waals surface area contributed by atoms with Crippen molar-refractivity contribution in [2.45, 2.75) is 13.3 Å². The molecule has 5 heteroatoms. The van der Waals surface area contributed by atoms with Gasteiger partial charge in [0.2, 0.25) is 5.91 Å². The number of amides is 1. The van der Waals surface area contributed by atoms with Gasteiger partial charge in [-0.3, -0.25) is 4.79 Å². The Balaban J connectivity index is 2.86. The van der Waals surface area contributed by atoms with Gasteiger partial charge in [0.05, 0.1) is 12.2 Å². The number of pyridine rings is 1. The molecule has 0 unspecified atom stereocenters. The van der Waals surface area contributed by atoms with Crippen LogP contribution < -0.4 is 10.6 Å². The Bertz CT molecular complexity index is 379. The Morgan fingerprint density at radius 3 is 2.71 bits per heavy atom. The number of likely N-dealkylation sites (N-methyl/N-ethyl adjacent to an activating group) is 1. The first-order valence-corrected chi connectivity index (χ1v) is 5.71. The van der Waals surface area contributed by atoms with Gasteiger partial charge < -0.3 is 15.5 Å². The van der Waals surface area contributed by atoms with Crippen molar-refractivity contribution in [2.75, 3.05) is 37.8 Å². The number of hydrogen-bond donors (Lipinski definition) is 1. The van der Waals surface area contributed by atoms with Crippen LogP contribution >= 0.6 is 0 Å². The monoisotopic (exact) mass is 236 g/mol. The lowest BCUT2D eigenvalue weighted by Gasteiger charge is -2.25. The molecule has 0 spiro atoms. The number of carbonyl (C=O) groups excluding carboxylic acids is 1. The second-order valence-corrected chi connectivity index (χ2v) is 4.12. The third-order valence-electron chi connectivity index (χ3n) is 2.48. The molecule has 0 bridgehead atoms. The molecule has 17 heavy (non-hydrogen) atoms. The van der Waals surface area contributed by atoms with Crippen LogP contribution in [0.5, 0.6) is 0 Å². The van der Waals surface area contributed by atoms with Gasteiger partial charge in [-0.1, -0.05) is 6.92 Å². The molecule has 1 heterocycles. The summed E-state index contributed by atoms with van der Waals surface area (Å²) in [5, 5.41) is 0. The Kier molecular flexibility index (Phi) is 4.75. The molecular formula is C12H20N4O. The van der Waals surface area contributed by atoms with Crippen LogP contribution in [0.2, 0.25) is 0 Å². The van der Waals surface area contributed by atoms with Crippen LogP contribution in [-0.4, -0.2) is 43.0 Å². The summed E-state index contributed by atoms with van der Waals surface area (Å²) < 4.78 is 0. The van der Waals surface area contributed by atoms with E-state index in [9.17, 15) is 4.79 Å². The molecule has 0 aromatic carbocycles. The van der Waals surface area contributed by atoms with Crippen LogP contribution in [0.25, 0.3) is 0 Å². The van der Waals surface area contributed by atoms with E-state index in [0.29, 0.717) is 12.4 Å². The van der Waals surface area contributed by atoms with Crippen molar-refractivity contribution in [2.24, 2.45) is 0 Å². The van der Waals surface area contributed by atoms with Crippen LogP contribution in [-0.2, 0) is 4.79 Å². The molecule has 94 valence electrons. The number of rotatable bonds is 5. The highest BCUT2D eigenvalue weighted by atomic mass is 16.2. The standard InChI is InChI=1S/C12H20N4O/c1-4-8-16(9-11(17)15(2)3)10-6-5-7-14-12(10)13/h5-7H,4,8-9H2,1-3H3,(H2,13,14). The maximum Gasteiger partial charge on any atom is 0.241 e. The van der Waals surface area contributed by atoms with E-state index >= 15 is 0 Å². The summed E-state index contributed by atoms with van der Waals surface area (Å²) in [7, 11) is 3.50. The molecule has 1 aromatic heterocycles. The normalized spacial score (nSPS) is 10.1. The molecule has 5 nitrogen and oxygen atoms in total. The first kappa shape index (κ1) is 13.3. The molecule has 1 rings (SSSR count). The van der Waals surface area contributed by atoms with Crippen molar-refractivity contribution in [3.63, 3.8) is 0 Å². The lowest BCUT2D eigenvalue weighted by Crippen LogP contribution is -2.37. The largest absolute Gasteiger partial charge is 0.382 e. The highest BCUT2D eigenvalue weighted by molar-refractivity contribution is 5.82. The van der Waals surface area contributed by atoms with Crippen molar-refractivity contribution in [1.82, 2.24) is 9.88 Å². The second kappa shape index (κ2) is 6.08. The predicted molar refractivity (Wildman–Crippen MR) is 69.8 cm³/mol. The Morgan fingerprint density at radius 2 is 2.18 bits per heavy atom. The fraction of sp³-hybridized carbons (Fsp3) is 0.500. The molecule has 1 aromatic rings. The molecule has 0 aliphatic rings. The van der Waals surface area contributed by atoms with E-state index in [4.69, 9.17) is 5.73 Å². The Morgan fingerprint density at radius 1 is 1.47 bits per heavy atom. The first-order valence-electron chi connectivity index (χ1n) is 5.71. The lowest BCUT2D eigenvalue weighted by atomic mass is 10.3. The van der Waals surface area contributed by atoms with E-state index in [2.05, 4.69) is 11.9 Å². The molecule has 0 saturated carbocycles. The van der Waals surface area contributed by atoms with E-state index in [1.54, 1.807) is 25.2 Å². The van der Waals surface area contributed by atoms with Gasteiger partial charge in [0, 0.05) is 26.8 Å².